The van der Waals surface area contributed by atoms with Crippen molar-refractivity contribution in [2.24, 2.45) is 5.92 Å². The molecule has 0 unspecified atom stereocenters. The molecule has 116 valence electrons. The lowest BCUT2D eigenvalue weighted by molar-refractivity contribution is -0.144. The van der Waals surface area contributed by atoms with Crippen molar-refractivity contribution in [1.29, 1.82) is 0 Å². The molecule has 1 fully saturated rings. The molecule has 0 radical (unpaired) electrons. The molecular formula is C14H27N3O3. The highest BCUT2D eigenvalue weighted by Crippen LogP contribution is 2.16. The second kappa shape index (κ2) is 7.04. The maximum atomic E-state index is 12.4. The second-order valence-electron chi connectivity index (χ2n) is 6.29. The van der Waals surface area contributed by atoms with Gasteiger partial charge in [0, 0.05) is 26.2 Å². The van der Waals surface area contributed by atoms with Gasteiger partial charge in [-0.1, -0.05) is 13.8 Å². The molecule has 6 nitrogen and oxygen atoms in total. The third kappa shape index (κ3) is 4.45. The quantitative estimate of drug-likeness (QED) is 0.653. The van der Waals surface area contributed by atoms with Gasteiger partial charge in [-0.15, -0.1) is 0 Å². The minimum atomic E-state index is -0.969. The van der Waals surface area contributed by atoms with Gasteiger partial charge in [-0.2, -0.15) is 0 Å². The Hall–Kier alpha value is -1.14. The minimum absolute atomic E-state index is 0.215. The molecule has 1 rings (SSSR count). The summed E-state index contributed by atoms with van der Waals surface area (Å²) in [6.45, 7) is 10.9. The molecule has 1 aliphatic rings. The van der Waals surface area contributed by atoms with Crippen LogP contribution in [0.25, 0.3) is 0 Å². The largest absolute Gasteiger partial charge is 0.480 e. The lowest BCUT2D eigenvalue weighted by atomic mass is 9.98. The van der Waals surface area contributed by atoms with Crippen LogP contribution < -0.4 is 10.6 Å². The van der Waals surface area contributed by atoms with Crippen molar-refractivity contribution in [3.05, 3.63) is 0 Å². The molecule has 0 aromatic rings. The normalized spacial score (nSPS) is 18.9. The lowest BCUT2D eigenvalue weighted by Gasteiger charge is -2.40. The van der Waals surface area contributed by atoms with Crippen LogP contribution in [0.2, 0.25) is 0 Å². The number of hydrogen-bond donors (Lipinski definition) is 3. The second-order valence-corrected chi connectivity index (χ2v) is 6.29. The minimum Gasteiger partial charge on any atom is -0.480 e. The van der Waals surface area contributed by atoms with E-state index in [1.54, 1.807) is 0 Å². The van der Waals surface area contributed by atoms with Crippen molar-refractivity contribution in [1.82, 2.24) is 15.5 Å². The fourth-order valence-electron chi connectivity index (χ4n) is 2.40. The van der Waals surface area contributed by atoms with Gasteiger partial charge in [0.05, 0.1) is 5.54 Å². The van der Waals surface area contributed by atoms with Crippen LogP contribution in [0.5, 0.6) is 0 Å². The van der Waals surface area contributed by atoms with Gasteiger partial charge in [0.1, 0.15) is 6.04 Å². The summed E-state index contributed by atoms with van der Waals surface area (Å²) < 4.78 is 0. The zero-order chi connectivity index (χ0) is 15.3. The first-order valence-corrected chi connectivity index (χ1v) is 7.24. The summed E-state index contributed by atoms with van der Waals surface area (Å²) in [6, 6.07) is -0.815. The van der Waals surface area contributed by atoms with Crippen LogP contribution in [0.3, 0.4) is 0 Å². The zero-order valence-electron chi connectivity index (χ0n) is 12.9. The SMILES string of the molecule is CC(C)C[C@@H](NC(=O)C(C)(C)N1CCNCC1)C(=O)O. The van der Waals surface area contributed by atoms with Gasteiger partial charge in [-0.3, -0.25) is 9.69 Å². The van der Waals surface area contributed by atoms with Crippen molar-refractivity contribution in [2.75, 3.05) is 26.2 Å². The number of carbonyl (C=O) groups excluding carboxylic acids is 1. The van der Waals surface area contributed by atoms with Crippen molar-refractivity contribution >= 4 is 11.9 Å². The number of carboxylic acids is 1. The third-order valence-electron chi connectivity index (χ3n) is 3.77. The summed E-state index contributed by atoms with van der Waals surface area (Å²) in [5.41, 5.74) is -0.688. The Morgan fingerprint density at radius 2 is 1.85 bits per heavy atom. The molecule has 3 N–H and O–H groups in total. The molecule has 6 heteroatoms. The van der Waals surface area contributed by atoms with Crippen molar-refractivity contribution in [3.63, 3.8) is 0 Å². The number of carbonyl (C=O) groups is 2. The maximum absolute atomic E-state index is 12.4. The fraction of sp³-hybridized carbons (Fsp3) is 0.857. The Bertz CT molecular complexity index is 350. The van der Waals surface area contributed by atoms with Gasteiger partial charge in [0.25, 0.3) is 0 Å². The molecule has 20 heavy (non-hydrogen) atoms. The average Bonchev–Trinajstić information content (AvgIpc) is 2.38. The van der Waals surface area contributed by atoms with Crippen LogP contribution in [-0.4, -0.2) is 59.6 Å². The van der Waals surface area contributed by atoms with Crippen molar-refractivity contribution in [3.8, 4) is 0 Å². The predicted octanol–water partition coefficient (Wildman–Crippen LogP) is 0.286. The number of aliphatic carboxylic acids is 1. The molecule has 0 spiro atoms. The Morgan fingerprint density at radius 3 is 2.30 bits per heavy atom. The Labute approximate surface area is 120 Å². The molecule has 0 bridgehead atoms. The molecule has 1 amide bonds. The number of nitrogens with zero attached hydrogens (tertiary/aromatic N) is 1. The van der Waals surface area contributed by atoms with E-state index in [0.29, 0.717) is 6.42 Å². The first kappa shape index (κ1) is 16.9. The molecule has 0 aromatic carbocycles. The van der Waals surface area contributed by atoms with Crippen LogP contribution in [0.1, 0.15) is 34.1 Å². The van der Waals surface area contributed by atoms with Crippen LogP contribution in [0.15, 0.2) is 0 Å². The van der Waals surface area contributed by atoms with E-state index in [0.717, 1.165) is 26.2 Å². The van der Waals surface area contributed by atoms with E-state index >= 15 is 0 Å². The Balaban J connectivity index is 2.68. The lowest BCUT2D eigenvalue weighted by Crippen LogP contribution is -2.61. The van der Waals surface area contributed by atoms with E-state index in [1.165, 1.54) is 0 Å². The molecule has 1 aliphatic heterocycles. The van der Waals surface area contributed by atoms with Gasteiger partial charge in [-0.25, -0.2) is 4.79 Å². The number of rotatable bonds is 6. The zero-order valence-corrected chi connectivity index (χ0v) is 12.9. The molecule has 1 saturated heterocycles. The fourth-order valence-corrected chi connectivity index (χ4v) is 2.40. The standard InChI is InChI=1S/C14H27N3O3/c1-10(2)9-11(12(18)19)16-13(20)14(3,4)17-7-5-15-6-8-17/h10-11,15H,5-9H2,1-4H3,(H,16,20)(H,18,19)/t11-/m1/s1. The summed E-state index contributed by atoms with van der Waals surface area (Å²) >= 11 is 0. The summed E-state index contributed by atoms with van der Waals surface area (Å²) in [7, 11) is 0. The highest BCUT2D eigenvalue weighted by Gasteiger charge is 2.37. The highest BCUT2D eigenvalue weighted by molar-refractivity contribution is 5.89. The van der Waals surface area contributed by atoms with E-state index in [2.05, 4.69) is 15.5 Å². The van der Waals surface area contributed by atoms with Gasteiger partial charge in [0.15, 0.2) is 0 Å². The van der Waals surface area contributed by atoms with E-state index in [1.807, 2.05) is 27.7 Å². The predicted molar refractivity (Wildman–Crippen MR) is 77.5 cm³/mol. The summed E-state index contributed by atoms with van der Waals surface area (Å²) in [4.78, 5) is 25.7. The molecule has 0 aromatic heterocycles. The van der Waals surface area contributed by atoms with Gasteiger partial charge < -0.3 is 15.7 Å². The van der Waals surface area contributed by atoms with E-state index in [4.69, 9.17) is 0 Å². The van der Waals surface area contributed by atoms with Gasteiger partial charge in [0.2, 0.25) is 5.91 Å². The Kier molecular flexibility index (Phi) is 5.95. The van der Waals surface area contributed by atoms with Crippen LogP contribution in [0, 0.1) is 5.92 Å². The molecule has 0 saturated carbocycles. The molecular weight excluding hydrogens is 258 g/mol. The average molecular weight is 285 g/mol. The third-order valence-corrected chi connectivity index (χ3v) is 3.77. The van der Waals surface area contributed by atoms with Crippen LogP contribution in [0.4, 0.5) is 0 Å². The molecule has 0 aliphatic carbocycles. The Morgan fingerprint density at radius 1 is 1.30 bits per heavy atom. The first-order chi connectivity index (χ1) is 9.25. The van der Waals surface area contributed by atoms with E-state index < -0.39 is 17.6 Å². The molecule has 1 atom stereocenters. The first-order valence-electron chi connectivity index (χ1n) is 7.24. The highest BCUT2D eigenvalue weighted by atomic mass is 16.4. The van der Waals surface area contributed by atoms with Gasteiger partial charge >= 0.3 is 5.97 Å². The summed E-state index contributed by atoms with van der Waals surface area (Å²) in [6.07, 6.45) is 0.443. The van der Waals surface area contributed by atoms with Crippen LogP contribution in [-0.2, 0) is 9.59 Å². The number of carboxylic acid groups (broad SMARTS) is 1. The van der Waals surface area contributed by atoms with Crippen molar-refractivity contribution < 1.29 is 14.7 Å². The summed E-state index contributed by atoms with van der Waals surface area (Å²) in [5.74, 6) is -0.964. The number of amides is 1. The maximum Gasteiger partial charge on any atom is 0.326 e. The topological polar surface area (TPSA) is 81.7 Å². The van der Waals surface area contributed by atoms with E-state index in [-0.39, 0.29) is 11.8 Å². The smallest absolute Gasteiger partial charge is 0.326 e. The van der Waals surface area contributed by atoms with Crippen LogP contribution >= 0.6 is 0 Å². The van der Waals surface area contributed by atoms with Gasteiger partial charge in [-0.05, 0) is 26.2 Å². The number of nitrogens with one attached hydrogen (secondary N) is 2. The molecule has 1 heterocycles. The van der Waals surface area contributed by atoms with Crippen molar-refractivity contribution in [2.45, 2.75) is 45.7 Å². The van der Waals surface area contributed by atoms with E-state index in [9.17, 15) is 14.7 Å². The number of piperazine rings is 1. The number of hydrogen-bond acceptors (Lipinski definition) is 4. The monoisotopic (exact) mass is 285 g/mol. The summed E-state index contributed by atoms with van der Waals surface area (Å²) in [5, 5.41) is 15.1.